The minimum atomic E-state index is -0.897. The predicted octanol–water partition coefficient (Wildman–Crippen LogP) is 2.94. The zero-order valence-corrected chi connectivity index (χ0v) is 17.1. The number of non-ortho nitro benzene ring substituents is 1. The third-order valence-electron chi connectivity index (χ3n) is 5.37. The fourth-order valence-electron chi connectivity index (χ4n) is 3.95. The Hall–Kier alpha value is -3.07. The van der Waals surface area contributed by atoms with Crippen LogP contribution in [0.5, 0.6) is 0 Å². The quantitative estimate of drug-likeness (QED) is 0.397. The number of carbonyl (C=O) groups is 2. The predicted molar refractivity (Wildman–Crippen MR) is 107 cm³/mol. The second-order valence-corrected chi connectivity index (χ2v) is 7.32. The first-order valence-corrected chi connectivity index (χ1v) is 9.70. The Labute approximate surface area is 173 Å². The first-order valence-electron chi connectivity index (χ1n) is 9.70. The molecule has 0 radical (unpaired) electrons. The highest BCUT2D eigenvalue weighted by Crippen LogP contribution is 2.41. The van der Waals surface area contributed by atoms with Crippen molar-refractivity contribution in [1.29, 1.82) is 0 Å². The minimum absolute atomic E-state index is 0.100. The van der Waals surface area contributed by atoms with E-state index in [0.29, 0.717) is 23.6 Å². The van der Waals surface area contributed by atoms with Gasteiger partial charge in [-0.25, -0.2) is 4.79 Å². The number of carbonyl (C=O) groups excluding carboxylic acids is 2. The molecule has 9 nitrogen and oxygen atoms in total. The lowest BCUT2D eigenvalue weighted by Crippen LogP contribution is -2.36. The highest BCUT2D eigenvalue weighted by Gasteiger charge is 2.42. The Balaban J connectivity index is 2.02. The number of nitro groups is 1. The number of ether oxygens (including phenoxy) is 3. The van der Waals surface area contributed by atoms with Gasteiger partial charge in [0.1, 0.15) is 12.5 Å². The van der Waals surface area contributed by atoms with Crippen molar-refractivity contribution in [3.05, 3.63) is 51.2 Å². The van der Waals surface area contributed by atoms with Crippen molar-refractivity contribution in [2.45, 2.75) is 38.7 Å². The number of methoxy groups -OCH3 is 1. The number of benzene rings is 1. The molecule has 0 aromatic heterocycles. The number of aliphatic imine (C=N–C) groups is 1. The molecule has 1 fully saturated rings. The first kappa shape index (κ1) is 21.6. The van der Waals surface area contributed by atoms with Crippen LogP contribution < -0.4 is 0 Å². The van der Waals surface area contributed by atoms with Crippen molar-refractivity contribution in [2.24, 2.45) is 10.9 Å². The van der Waals surface area contributed by atoms with Crippen LogP contribution >= 0.6 is 0 Å². The van der Waals surface area contributed by atoms with Crippen LogP contribution in [0, 0.1) is 16.0 Å². The van der Waals surface area contributed by atoms with E-state index in [1.807, 2.05) is 0 Å². The molecule has 0 N–H and O–H groups in total. The van der Waals surface area contributed by atoms with E-state index in [1.54, 1.807) is 19.9 Å². The maximum Gasteiger partial charge on any atom is 0.336 e. The molecule has 160 valence electrons. The number of nitro benzene ring substituents is 1. The molecule has 9 heteroatoms. The molecule has 0 bridgehead atoms. The molecule has 1 aromatic carbocycles. The molecule has 2 aliphatic rings. The number of esters is 2. The highest BCUT2D eigenvalue weighted by atomic mass is 16.6. The summed E-state index contributed by atoms with van der Waals surface area (Å²) in [4.78, 5) is 40.8. The Morgan fingerprint density at radius 2 is 2.10 bits per heavy atom. The lowest BCUT2D eigenvalue weighted by Gasteiger charge is -2.31. The van der Waals surface area contributed by atoms with E-state index >= 15 is 0 Å². The fraction of sp³-hybridized carbons (Fsp3) is 0.476. The minimum Gasteiger partial charge on any atom is -0.468 e. The van der Waals surface area contributed by atoms with E-state index in [9.17, 15) is 19.7 Å². The molecule has 30 heavy (non-hydrogen) atoms. The average molecular weight is 416 g/mol. The number of hydrogen-bond acceptors (Lipinski definition) is 8. The number of rotatable bonds is 6. The van der Waals surface area contributed by atoms with Gasteiger partial charge >= 0.3 is 11.9 Å². The Bertz CT molecular complexity index is 916. The standard InChI is InChI=1S/C21H24N2O7/c1-12-17(20(24)28-3)19(14-6-4-7-15(10-14)23(26)27)18(13(2)22-12)21(25)30-11-16-8-5-9-29-16/h4,6-7,10,16-17,19H,5,8-9,11H2,1-3H3/t16-,17?,19-/m1/s1. The smallest absolute Gasteiger partial charge is 0.336 e. The number of hydrogen-bond donors (Lipinski definition) is 0. The molecular formula is C21H24N2O7. The largest absolute Gasteiger partial charge is 0.468 e. The van der Waals surface area contributed by atoms with Gasteiger partial charge in [0.05, 0.1) is 23.7 Å². The van der Waals surface area contributed by atoms with E-state index in [0.717, 1.165) is 12.8 Å². The monoisotopic (exact) mass is 416 g/mol. The van der Waals surface area contributed by atoms with Crippen molar-refractivity contribution >= 4 is 23.3 Å². The van der Waals surface area contributed by atoms with Crippen LogP contribution in [0.3, 0.4) is 0 Å². The van der Waals surface area contributed by atoms with Crippen LogP contribution in [0.1, 0.15) is 38.2 Å². The summed E-state index contributed by atoms with van der Waals surface area (Å²) in [5, 5.41) is 11.3. The molecule has 0 spiro atoms. The second-order valence-electron chi connectivity index (χ2n) is 7.32. The van der Waals surface area contributed by atoms with Crippen LogP contribution in [0.25, 0.3) is 0 Å². The summed E-state index contributed by atoms with van der Waals surface area (Å²) in [6.07, 6.45) is 1.56. The summed E-state index contributed by atoms with van der Waals surface area (Å²) in [6, 6.07) is 5.88. The lowest BCUT2D eigenvalue weighted by atomic mass is 9.75. The summed E-state index contributed by atoms with van der Waals surface area (Å²) >= 11 is 0. The molecule has 3 atom stereocenters. The molecule has 2 heterocycles. The summed E-state index contributed by atoms with van der Waals surface area (Å²) in [5.41, 5.74) is 1.36. The van der Waals surface area contributed by atoms with Gasteiger partial charge in [0.15, 0.2) is 0 Å². The van der Waals surface area contributed by atoms with Crippen LogP contribution in [-0.2, 0) is 23.8 Å². The molecule has 0 aliphatic carbocycles. The summed E-state index contributed by atoms with van der Waals surface area (Å²) in [5.74, 6) is -2.91. The van der Waals surface area contributed by atoms with Gasteiger partial charge in [-0.05, 0) is 32.3 Å². The lowest BCUT2D eigenvalue weighted by molar-refractivity contribution is -0.384. The number of nitrogens with zero attached hydrogens (tertiary/aromatic N) is 2. The van der Waals surface area contributed by atoms with Gasteiger partial charge in [0.2, 0.25) is 0 Å². The van der Waals surface area contributed by atoms with Gasteiger partial charge in [0.25, 0.3) is 5.69 Å². The average Bonchev–Trinajstić information content (AvgIpc) is 3.24. The molecule has 2 aliphatic heterocycles. The van der Waals surface area contributed by atoms with Crippen molar-refractivity contribution in [1.82, 2.24) is 0 Å². The summed E-state index contributed by atoms with van der Waals surface area (Å²) in [6.45, 7) is 4.06. The van der Waals surface area contributed by atoms with E-state index in [4.69, 9.17) is 14.2 Å². The molecular weight excluding hydrogens is 392 g/mol. The van der Waals surface area contributed by atoms with Gasteiger partial charge in [0, 0.05) is 36.1 Å². The van der Waals surface area contributed by atoms with Gasteiger partial charge < -0.3 is 14.2 Å². The molecule has 1 aromatic rings. The Morgan fingerprint density at radius 3 is 2.73 bits per heavy atom. The van der Waals surface area contributed by atoms with Crippen molar-refractivity contribution in [3.63, 3.8) is 0 Å². The SMILES string of the molecule is COC(=O)C1C(C)=NC(C)=C(C(=O)OC[C@H]2CCCO2)[C@@H]1c1cccc([N+](=O)[O-])c1. The third-order valence-corrected chi connectivity index (χ3v) is 5.37. The zero-order valence-electron chi connectivity index (χ0n) is 17.1. The van der Waals surface area contributed by atoms with E-state index in [-0.39, 0.29) is 24.0 Å². The third kappa shape index (κ3) is 4.40. The molecule has 1 unspecified atom stereocenters. The molecule has 1 saturated heterocycles. The van der Waals surface area contributed by atoms with E-state index < -0.39 is 28.7 Å². The van der Waals surface area contributed by atoms with Crippen molar-refractivity contribution < 1.29 is 28.7 Å². The zero-order chi connectivity index (χ0) is 21.8. The van der Waals surface area contributed by atoms with E-state index in [1.165, 1.54) is 25.3 Å². The molecule has 0 saturated carbocycles. The number of allylic oxidation sites excluding steroid dienone is 1. The van der Waals surface area contributed by atoms with E-state index in [2.05, 4.69) is 4.99 Å². The molecule has 3 rings (SSSR count). The van der Waals surface area contributed by atoms with Crippen molar-refractivity contribution in [2.75, 3.05) is 20.3 Å². The normalized spacial score (nSPS) is 23.7. The van der Waals surface area contributed by atoms with Crippen LogP contribution in [0.15, 0.2) is 40.5 Å². The van der Waals surface area contributed by atoms with Crippen LogP contribution in [-0.4, -0.2) is 49.0 Å². The summed E-state index contributed by atoms with van der Waals surface area (Å²) in [7, 11) is 1.25. The van der Waals surface area contributed by atoms with Gasteiger partial charge in [-0.15, -0.1) is 0 Å². The van der Waals surface area contributed by atoms with Gasteiger partial charge in [-0.1, -0.05) is 12.1 Å². The van der Waals surface area contributed by atoms with Gasteiger partial charge in [-0.2, -0.15) is 0 Å². The fourth-order valence-corrected chi connectivity index (χ4v) is 3.95. The topological polar surface area (TPSA) is 117 Å². The first-order chi connectivity index (χ1) is 14.3. The summed E-state index contributed by atoms with van der Waals surface area (Å²) < 4.78 is 15.9. The second kappa shape index (κ2) is 9.17. The Kier molecular flexibility index (Phi) is 6.61. The Morgan fingerprint density at radius 1 is 1.33 bits per heavy atom. The molecule has 0 amide bonds. The van der Waals surface area contributed by atoms with Crippen LogP contribution in [0.2, 0.25) is 0 Å². The highest BCUT2D eigenvalue weighted by molar-refractivity contribution is 6.07. The maximum atomic E-state index is 13.0. The van der Waals surface area contributed by atoms with Crippen LogP contribution in [0.4, 0.5) is 5.69 Å². The maximum absolute atomic E-state index is 13.0. The van der Waals surface area contributed by atoms with Crippen molar-refractivity contribution in [3.8, 4) is 0 Å². The van der Waals surface area contributed by atoms with Gasteiger partial charge in [-0.3, -0.25) is 19.9 Å².